The van der Waals surface area contributed by atoms with E-state index in [0.717, 1.165) is 16.8 Å². The third-order valence-electron chi connectivity index (χ3n) is 4.31. The smallest absolute Gasteiger partial charge is 0.261 e. The Morgan fingerprint density at radius 3 is 2.60 bits per heavy atom. The van der Waals surface area contributed by atoms with Gasteiger partial charge in [0.15, 0.2) is 0 Å². The van der Waals surface area contributed by atoms with Crippen molar-refractivity contribution in [2.24, 2.45) is 0 Å². The second kappa shape index (κ2) is 7.30. The maximum absolute atomic E-state index is 12.6. The van der Waals surface area contributed by atoms with E-state index in [1.165, 1.54) is 10.9 Å². The first-order valence-electron chi connectivity index (χ1n) is 8.42. The minimum atomic E-state index is -0.107. The SMILES string of the molecule is CCN(C(=O)CCn1cnc2c(C)cccc2c1=O)c1ccccc1. The van der Waals surface area contributed by atoms with Crippen molar-refractivity contribution in [3.05, 3.63) is 70.8 Å². The standard InChI is InChI=1S/C20H21N3O2/c1-3-23(16-9-5-4-6-10-16)18(24)12-13-22-14-21-19-15(2)8-7-11-17(19)20(22)25/h4-11,14H,3,12-13H2,1-2H3. The van der Waals surface area contributed by atoms with Gasteiger partial charge in [-0.1, -0.05) is 30.3 Å². The zero-order valence-electron chi connectivity index (χ0n) is 14.5. The van der Waals surface area contributed by atoms with Gasteiger partial charge in [-0.05, 0) is 37.6 Å². The molecule has 0 aliphatic carbocycles. The molecule has 1 amide bonds. The van der Waals surface area contributed by atoms with Crippen LogP contribution >= 0.6 is 0 Å². The first-order valence-corrected chi connectivity index (χ1v) is 8.42. The van der Waals surface area contributed by atoms with Crippen molar-refractivity contribution in [2.75, 3.05) is 11.4 Å². The molecule has 25 heavy (non-hydrogen) atoms. The van der Waals surface area contributed by atoms with Crippen molar-refractivity contribution in [1.29, 1.82) is 0 Å². The molecule has 0 fully saturated rings. The molecule has 1 aromatic heterocycles. The van der Waals surface area contributed by atoms with E-state index in [1.807, 2.05) is 56.3 Å². The third-order valence-corrected chi connectivity index (χ3v) is 4.31. The number of hydrogen-bond donors (Lipinski definition) is 0. The molecule has 0 N–H and O–H groups in total. The number of benzene rings is 2. The van der Waals surface area contributed by atoms with E-state index in [4.69, 9.17) is 0 Å². The molecule has 3 rings (SSSR count). The number of carbonyl (C=O) groups excluding carboxylic acids is 1. The van der Waals surface area contributed by atoms with Crippen LogP contribution in [0, 0.1) is 6.92 Å². The van der Waals surface area contributed by atoms with E-state index in [9.17, 15) is 9.59 Å². The number of para-hydroxylation sites is 2. The number of carbonyl (C=O) groups is 1. The van der Waals surface area contributed by atoms with Crippen LogP contribution in [0.5, 0.6) is 0 Å². The summed E-state index contributed by atoms with van der Waals surface area (Å²) in [6.45, 7) is 4.78. The van der Waals surface area contributed by atoms with Crippen molar-refractivity contribution in [1.82, 2.24) is 9.55 Å². The predicted octanol–water partition coefficient (Wildman–Crippen LogP) is 3.15. The second-order valence-corrected chi connectivity index (χ2v) is 5.94. The van der Waals surface area contributed by atoms with Crippen LogP contribution in [0.2, 0.25) is 0 Å². The molecule has 0 aliphatic rings. The first-order chi connectivity index (χ1) is 12.1. The second-order valence-electron chi connectivity index (χ2n) is 5.94. The van der Waals surface area contributed by atoms with Crippen molar-refractivity contribution >= 4 is 22.5 Å². The average Bonchev–Trinajstić information content (AvgIpc) is 2.63. The van der Waals surface area contributed by atoms with Crippen molar-refractivity contribution in [3.8, 4) is 0 Å². The molecule has 3 aromatic rings. The molecule has 0 atom stereocenters. The number of hydrogen-bond acceptors (Lipinski definition) is 3. The number of fused-ring (bicyclic) bond motifs is 1. The summed E-state index contributed by atoms with van der Waals surface area (Å²) < 4.78 is 1.51. The molecule has 5 heteroatoms. The van der Waals surface area contributed by atoms with Crippen LogP contribution < -0.4 is 10.5 Å². The van der Waals surface area contributed by atoms with Gasteiger partial charge in [0.25, 0.3) is 5.56 Å². The van der Waals surface area contributed by atoms with Gasteiger partial charge in [-0.15, -0.1) is 0 Å². The molecule has 1 heterocycles. The van der Waals surface area contributed by atoms with Crippen LogP contribution in [-0.2, 0) is 11.3 Å². The summed E-state index contributed by atoms with van der Waals surface area (Å²) in [5.74, 6) is -0.00932. The Kier molecular flexibility index (Phi) is 4.93. The minimum absolute atomic E-state index is 0.00932. The monoisotopic (exact) mass is 335 g/mol. The van der Waals surface area contributed by atoms with Gasteiger partial charge in [-0.2, -0.15) is 0 Å². The molecule has 0 saturated heterocycles. The number of aromatic nitrogens is 2. The van der Waals surface area contributed by atoms with Gasteiger partial charge in [-0.3, -0.25) is 14.2 Å². The number of anilines is 1. The number of rotatable bonds is 5. The Morgan fingerprint density at radius 2 is 1.88 bits per heavy atom. The highest BCUT2D eigenvalue weighted by Crippen LogP contribution is 2.15. The molecule has 2 aromatic carbocycles. The molecule has 0 aliphatic heterocycles. The normalized spacial score (nSPS) is 10.8. The zero-order chi connectivity index (χ0) is 17.8. The quantitative estimate of drug-likeness (QED) is 0.720. The highest BCUT2D eigenvalue weighted by atomic mass is 16.2. The molecule has 0 radical (unpaired) electrons. The molecule has 0 spiro atoms. The fourth-order valence-corrected chi connectivity index (χ4v) is 2.96. The van der Waals surface area contributed by atoms with Crippen molar-refractivity contribution < 1.29 is 4.79 Å². The van der Waals surface area contributed by atoms with Gasteiger partial charge in [0.2, 0.25) is 5.91 Å². The van der Waals surface area contributed by atoms with Crippen LogP contribution in [0.15, 0.2) is 59.7 Å². The highest BCUT2D eigenvalue weighted by molar-refractivity contribution is 5.93. The van der Waals surface area contributed by atoms with E-state index in [-0.39, 0.29) is 17.9 Å². The van der Waals surface area contributed by atoms with Gasteiger partial charge in [-0.25, -0.2) is 4.98 Å². The molecule has 0 unspecified atom stereocenters. The molecule has 128 valence electrons. The highest BCUT2D eigenvalue weighted by Gasteiger charge is 2.14. The fourth-order valence-electron chi connectivity index (χ4n) is 2.96. The lowest BCUT2D eigenvalue weighted by Gasteiger charge is -2.21. The Bertz CT molecular complexity index is 948. The maximum atomic E-state index is 12.6. The molecular formula is C20H21N3O2. The summed E-state index contributed by atoms with van der Waals surface area (Å²) in [6.07, 6.45) is 1.78. The lowest BCUT2D eigenvalue weighted by Crippen LogP contribution is -2.32. The van der Waals surface area contributed by atoms with E-state index >= 15 is 0 Å². The van der Waals surface area contributed by atoms with Gasteiger partial charge in [0.05, 0.1) is 17.2 Å². The third kappa shape index (κ3) is 3.45. The summed E-state index contributed by atoms with van der Waals surface area (Å²) in [4.78, 5) is 31.3. The van der Waals surface area contributed by atoms with Gasteiger partial charge < -0.3 is 4.90 Å². The lowest BCUT2D eigenvalue weighted by atomic mass is 10.1. The summed E-state index contributed by atoms with van der Waals surface area (Å²) in [5.41, 5.74) is 2.45. The zero-order valence-corrected chi connectivity index (χ0v) is 14.5. The lowest BCUT2D eigenvalue weighted by molar-refractivity contribution is -0.118. The van der Waals surface area contributed by atoms with Crippen LogP contribution in [0.25, 0.3) is 10.9 Å². The van der Waals surface area contributed by atoms with Crippen LogP contribution in [-0.4, -0.2) is 22.0 Å². The minimum Gasteiger partial charge on any atom is -0.313 e. The number of nitrogens with zero attached hydrogens (tertiary/aromatic N) is 3. The van der Waals surface area contributed by atoms with Gasteiger partial charge in [0, 0.05) is 25.2 Å². The summed E-state index contributed by atoms with van der Waals surface area (Å²) >= 11 is 0. The molecular weight excluding hydrogens is 314 g/mol. The summed E-state index contributed by atoms with van der Waals surface area (Å²) in [5, 5.41) is 0.588. The average molecular weight is 335 g/mol. The van der Waals surface area contributed by atoms with E-state index in [1.54, 1.807) is 11.0 Å². The maximum Gasteiger partial charge on any atom is 0.261 e. The van der Waals surface area contributed by atoms with E-state index in [2.05, 4.69) is 4.98 Å². The van der Waals surface area contributed by atoms with E-state index in [0.29, 0.717) is 18.5 Å². The largest absolute Gasteiger partial charge is 0.313 e. The summed E-state index contributed by atoms with van der Waals surface area (Å²) in [6, 6.07) is 15.1. The van der Waals surface area contributed by atoms with Crippen LogP contribution in [0.4, 0.5) is 5.69 Å². The van der Waals surface area contributed by atoms with Crippen LogP contribution in [0.1, 0.15) is 18.9 Å². The van der Waals surface area contributed by atoms with Gasteiger partial charge in [0.1, 0.15) is 0 Å². The van der Waals surface area contributed by atoms with Gasteiger partial charge >= 0.3 is 0 Å². The molecule has 0 saturated carbocycles. The number of aryl methyl sites for hydroxylation is 2. The molecule has 0 bridgehead atoms. The predicted molar refractivity (Wildman–Crippen MR) is 99.8 cm³/mol. The van der Waals surface area contributed by atoms with Crippen LogP contribution in [0.3, 0.4) is 0 Å². The van der Waals surface area contributed by atoms with E-state index < -0.39 is 0 Å². The summed E-state index contributed by atoms with van der Waals surface area (Å²) in [7, 11) is 0. The Balaban J connectivity index is 1.79. The first kappa shape index (κ1) is 16.9. The Hall–Kier alpha value is -2.95. The fraction of sp³-hybridized carbons (Fsp3) is 0.250. The van der Waals surface area contributed by atoms with Crippen molar-refractivity contribution in [3.63, 3.8) is 0 Å². The van der Waals surface area contributed by atoms with Crippen molar-refractivity contribution in [2.45, 2.75) is 26.8 Å². The molecule has 5 nitrogen and oxygen atoms in total. The Labute approximate surface area is 146 Å². The topological polar surface area (TPSA) is 55.2 Å². The Morgan fingerprint density at radius 1 is 1.12 bits per heavy atom. The number of amides is 1.